The van der Waals surface area contributed by atoms with E-state index >= 15 is 0 Å². The van der Waals surface area contributed by atoms with E-state index in [9.17, 15) is 9.50 Å². The zero-order valence-corrected chi connectivity index (χ0v) is 9.30. The Bertz CT molecular complexity index is 514. The minimum Gasteiger partial charge on any atom is -0.436 e. The third-order valence-electron chi connectivity index (χ3n) is 2.29. The van der Waals surface area contributed by atoms with E-state index in [0.29, 0.717) is 5.56 Å². The number of benzene rings is 1. The second kappa shape index (κ2) is 4.93. The minimum atomic E-state index is -0.717. The van der Waals surface area contributed by atoms with Gasteiger partial charge < -0.3 is 9.84 Å². The zero-order chi connectivity index (χ0) is 12.3. The number of ether oxygens (including phenoxy) is 1. The van der Waals surface area contributed by atoms with Gasteiger partial charge in [-0.05, 0) is 31.2 Å². The molecule has 4 heteroatoms. The second-order valence-corrected chi connectivity index (χ2v) is 3.61. The zero-order valence-electron chi connectivity index (χ0n) is 9.30. The summed E-state index contributed by atoms with van der Waals surface area (Å²) in [6.07, 6.45) is 0.813. The molecule has 1 heterocycles. The Hall–Kier alpha value is -1.94. The highest BCUT2D eigenvalue weighted by molar-refractivity contribution is 5.33. The monoisotopic (exact) mass is 233 g/mol. The number of para-hydroxylation sites is 1. The van der Waals surface area contributed by atoms with Crippen LogP contribution in [0.2, 0.25) is 0 Å². The first-order chi connectivity index (χ1) is 8.18. The average molecular weight is 233 g/mol. The topological polar surface area (TPSA) is 42.4 Å². The van der Waals surface area contributed by atoms with Gasteiger partial charge in [0.1, 0.15) is 0 Å². The van der Waals surface area contributed by atoms with Gasteiger partial charge in [-0.3, -0.25) is 0 Å². The Balaban J connectivity index is 2.34. The number of aliphatic hydroxyl groups excluding tert-OH is 1. The standard InChI is InChI=1S/C13H12FNO2/c1-9(16)10-5-4-8-15-13(10)17-12-7-3-2-6-11(12)14/h2-9,16H,1H3/t9-/m1/s1. The molecule has 0 fully saturated rings. The van der Waals surface area contributed by atoms with Crippen LogP contribution >= 0.6 is 0 Å². The van der Waals surface area contributed by atoms with E-state index in [1.165, 1.54) is 18.3 Å². The molecule has 88 valence electrons. The Labute approximate surface area is 98.5 Å². The fourth-order valence-corrected chi connectivity index (χ4v) is 1.44. The van der Waals surface area contributed by atoms with Crippen LogP contribution in [0.25, 0.3) is 0 Å². The van der Waals surface area contributed by atoms with E-state index in [1.54, 1.807) is 31.2 Å². The maximum atomic E-state index is 13.4. The van der Waals surface area contributed by atoms with Crippen molar-refractivity contribution in [3.05, 3.63) is 54.0 Å². The van der Waals surface area contributed by atoms with E-state index in [0.717, 1.165) is 0 Å². The number of hydrogen-bond donors (Lipinski definition) is 1. The Morgan fingerprint density at radius 3 is 2.71 bits per heavy atom. The van der Waals surface area contributed by atoms with E-state index in [4.69, 9.17) is 4.74 Å². The maximum Gasteiger partial charge on any atom is 0.225 e. The first-order valence-corrected chi connectivity index (χ1v) is 5.24. The normalized spacial score (nSPS) is 12.2. The van der Waals surface area contributed by atoms with Gasteiger partial charge in [0.15, 0.2) is 11.6 Å². The molecule has 17 heavy (non-hydrogen) atoms. The van der Waals surface area contributed by atoms with Crippen LogP contribution in [0, 0.1) is 5.82 Å². The summed E-state index contributed by atoms with van der Waals surface area (Å²) in [5.41, 5.74) is 0.524. The number of hydrogen-bond acceptors (Lipinski definition) is 3. The molecule has 1 aromatic heterocycles. The fourth-order valence-electron chi connectivity index (χ4n) is 1.44. The van der Waals surface area contributed by atoms with Crippen molar-refractivity contribution in [3.8, 4) is 11.6 Å². The van der Waals surface area contributed by atoms with E-state index in [1.807, 2.05) is 0 Å². The van der Waals surface area contributed by atoms with Crippen LogP contribution in [0.3, 0.4) is 0 Å². The minimum absolute atomic E-state index is 0.0908. The van der Waals surface area contributed by atoms with Crippen molar-refractivity contribution >= 4 is 0 Å². The summed E-state index contributed by atoms with van der Waals surface area (Å²) in [6, 6.07) is 9.44. The summed E-state index contributed by atoms with van der Waals surface area (Å²) in [6.45, 7) is 1.60. The van der Waals surface area contributed by atoms with Gasteiger partial charge >= 0.3 is 0 Å². The molecule has 0 aliphatic heterocycles. The van der Waals surface area contributed by atoms with Gasteiger partial charge in [-0.1, -0.05) is 12.1 Å². The van der Waals surface area contributed by atoms with E-state index in [2.05, 4.69) is 4.98 Å². The molecular formula is C13H12FNO2. The van der Waals surface area contributed by atoms with Crippen molar-refractivity contribution in [2.75, 3.05) is 0 Å². The molecule has 0 aliphatic carbocycles. The number of rotatable bonds is 3. The smallest absolute Gasteiger partial charge is 0.225 e. The fraction of sp³-hybridized carbons (Fsp3) is 0.154. The molecule has 1 atom stereocenters. The van der Waals surface area contributed by atoms with Crippen molar-refractivity contribution in [3.63, 3.8) is 0 Å². The third-order valence-corrected chi connectivity index (χ3v) is 2.29. The highest BCUT2D eigenvalue weighted by atomic mass is 19.1. The number of aliphatic hydroxyl groups is 1. The van der Waals surface area contributed by atoms with Crippen LogP contribution in [0.4, 0.5) is 4.39 Å². The SMILES string of the molecule is C[C@@H](O)c1cccnc1Oc1ccccc1F. The van der Waals surface area contributed by atoms with Gasteiger partial charge in [-0.15, -0.1) is 0 Å². The highest BCUT2D eigenvalue weighted by Gasteiger charge is 2.12. The first-order valence-electron chi connectivity index (χ1n) is 5.24. The molecule has 0 radical (unpaired) electrons. The lowest BCUT2D eigenvalue weighted by molar-refractivity contribution is 0.194. The largest absolute Gasteiger partial charge is 0.436 e. The van der Waals surface area contributed by atoms with Crippen molar-refractivity contribution < 1.29 is 14.2 Å². The lowest BCUT2D eigenvalue weighted by atomic mass is 10.2. The average Bonchev–Trinajstić information content (AvgIpc) is 2.32. The molecular weight excluding hydrogens is 221 g/mol. The Morgan fingerprint density at radius 1 is 1.24 bits per heavy atom. The molecule has 3 nitrogen and oxygen atoms in total. The van der Waals surface area contributed by atoms with Crippen LogP contribution in [0.15, 0.2) is 42.6 Å². The van der Waals surface area contributed by atoms with Crippen LogP contribution in [0.5, 0.6) is 11.6 Å². The number of halogens is 1. The van der Waals surface area contributed by atoms with Crippen molar-refractivity contribution in [1.29, 1.82) is 0 Å². The van der Waals surface area contributed by atoms with Crippen molar-refractivity contribution in [1.82, 2.24) is 4.98 Å². The molecule has 0 bridgehead atoms. The van der Waals surface area contributed by atoms with Crippen molar-refractivity contribution in [2.45, 2.75) is 13.0 Å². The second-order valence-electron chi connectivity index (χ2n) is 3.61. The Kier molecular flexibility index (Phi) is 3.35. The van der Waals surface area contributed by atoms with Crippen LogP contribution < -0.4 is 4.74 Å². The van der Waals surface area contributed by atoms with Gasteiger partial charge in [0.2, 0.25) is 5.88 Å². The maximum absolute atomic E-state index is 13.4. The lowest BCUT2D eigenvalue weighted by Gasteiger charge is -2.11. The van der Waals surface area contributed by atoms with Crippen LogP contribution in [-0.4, -0.2) is 10.1 Å². The molecule has 0 unspecified atom stereocenters. The lowest BCUT2D eigenvalue weighted by Crippen LogP contribution is -1.98. The number of pyridine rings is 1. The molecule has 0 saturated carbocycles. The van der Waals surface area contributed by atoms with Gasteiger partial charge in [0.25, 0.3) is 0 Å². The quantitative estimate of drug-likeness (QED) is 0.885. The van der Waals surface area contributed by atoms with Crippen molar-refractivity contribution in [2.24, 2.45) is 0 Å². The number of aromatic nitrogens is 1. The number of nitrogens with zero attached hydrogens (tertiary/aromatic N) is 1. The van der Waals surface area contributed by atoms with Gasteiger partial charge in [0, 0.05) is 11.8 Å². The molecule has 2 rings (SSSR count). The predicted octanol–water partition coefficient (Wildman–Crippen LogP) is 3.07. The molecule has 0 saturated heterocycles. The Morgan fingerprint density at radius 2 is 2.00 bits per heavy atom. The molecule has 1 N–H and O–H groups in total. The van der Waals surface area contributed by atoms with E-state index < -0.39 is 11.9 Å². The molecule has 0 spiro atoms. The predicted molar refractivity (Wildman–Crippen MR) is 61.3 cm³/mol. The molecule has 0 amide bonds. The molecule has 0 aliphatic rings. The van der Waals surface area contributed by atoms with Gasteiger partial charge in [-0.25, -0.2) is 9.37 Å². The summed E-state index contributed by atoms with van der Waals surface area (Å²) < 4.78 is 18.7. The van der Waals surface area contributed by atoms with Crippen LogP contribution in [-0.2, 0) is 0 Å². The summed E-state index contributed by atoms with van der Waals surface area (Å²) >= 11 is 0. The summed E-state index contributed by atoms with van der Waals surface area (Å²) in [5.74, 6) is -0.157. The van der Waals surface area contributed by atoms with E-state index in [-0.39, 0.29) is 11.6 Å². The summed E-state index contributed by atoms with van der Waals surface area (Å²) in [7, 11) is 0. The molecule has 1 aromatic carbocycles. The molecule has 2 aromatic rings. The summed E-state index contributed by atoms with van der Waals surface area (Å²) in [4.78, 5) is 3.99. The summed E-state index contributed by atoms with van der Waals surface area (Å²) in [5, 5.41) is 9.54. The van der Waals surface area contributed by atoms with Crippen LogP contribution in [0.1, 0.15) is 18.6 Å². The van der Waals surface area contributed by atoms with Gasteiger partial charge in [-0.2, -0.15) is 0 Å². The van der Waals surface area contributed by atoms with Gasteiger partial charge in [0.05, 0.1) is 6.10 Å². The first kappa shape index (κ1) is 11.5. The highest BCUT2D eigenvalue weighted by Crippen LogP contribution is 2.28. The third kappa shape index (κ3) is 2.60.